The monoisotopic (exact) mass is 264 g/mol. The molecule has 1 atom stereocenters. The molecule has 0 saturated carbocycles. The SMILES string of the molecule is CCCNC(C#N)CCSc1ccc(OC)cc1. The molecule has 0 aromatic heterocycles. The molecule has 1 rings (SSSR count). The van der Waals surface area contributed by atoms with Gasteiger partial charge in [0.15, 0.2) is 0 Å². The maximum Gasteiger partial charge on any atom is 0.118 e. The van der Waals surface area contributed by atoms with Gasteiger partial charge in [0.2, 0.25) is 0 Å². The minimum Gasteiger partial charge on any atom is -0.497 e. The number of nitrogens with one attached hydrogen (secondary N) is 1. The summed E-state index contributed by atoms with van der Waals surface area (Å²) in [6.07, 6.45) is 1.93. The fraction of sp³-hybridized carbons (Fsp3) is 0.500. The average Bonchev–Trinajstić information content (AvgIpc) is 2.43. The zero-order valence-corrected chi connectivity index (χ0v) is 11.8. The van der Waals surface area contributed by atoms with Gasteiger partial charge in [0.1, 0.15) is 5.75 Å². The average molecular weight is 264 g/mol. The van der Waals surface area contributed by atoms with E-state index in [1.165, 1.54) is 4.90 Å². The molecule has 18 heavy (non-hydrogen) atoms. The number of benzene rings is 1. The Balaban J connectivity index is 2.29. The van der Waals surface area contributed by atoms with Gasteiger partial charge in [-0.1, -0.05) is 6.92 Å². The molecule has 1 aromatic carbocycles. The number of nitriles is 1. The third-order valence-corrected chi connectivity index (χ3v) is 3.58. The normalized spacial score (nSPS) is 11.8. The van der Waals surface area contributed by atoms with Gasteiger partial charge in [-0.25, -0.2) is 0 Å². The fourth-order valence-corrected chi connectivity index (χ4v) is 2.42. The molecular formula is C14H20N2OS. The van der Waals surface area contributed by atoms with Crippen LogP contribution in [0, 0.1) is 11.3 Å². The van der Waals surface area contributed by atoms with Crippen molar-refractivity contribution in [2.45, 2.75) is 30.7 Å². The molecule has 0 fully saturated rings. The van der Waals surface area contributed by atoms with Gasteiger partial charge >= 0.3 is 0 Å². The molecule has 0 aliphatic rings. The second-order valence-electron chi connectivity index (χ2n) is 3.95. The summed E-state index contributed by atoms with van der Waals surface area (Å²) >= 11 is 1.77. The van der Waals surface area contributed by atoms with Gasteiger partial charge in [0, 0.05) is 10.6 Å². The Morgan fingerprint density at radius 3 is 2.67 bits per heavy atom. The number of ether oxygens (including phenoxy) is 1. The number of rotatable bonds is 8. The highest BCUT2D eigenvalue weighted by Gasteiger charge is 2.05. The molecule has 0 saturated heterocycles. The van der Waals surface area contributed by atoms with Gasteiger partial charge in [-0.05, 0) is 43.7 Å². The van der Waals surface area contributed by atoms with Crippen molar-refractivity contribution in [2.75, 3.05) is 19.4 Å². The fourth-order valence-electron chi connectivity index (χ4n) is 1.50. The Labute approximate surface area is 114 Å². The van der Waals surface area contributed by atoms with Gasteiger partial charge in [-0.2, -0.15) is 5.26 Å². The number of hydrogen-bond acceptors (Lipinski definition) is 4. The summed E-state index contributed by atoms with van der Waals surface area (Å²) < 4.78 is 5.11. The zero-order valence-electron chi connectivity index (χ0n) is 11.0. The van der Waals surface area contributed by atoms with Crippen molar-refractivity contribution in [3.63, 3.8) is 0 Å². The van der Waals surface area contributed by atoms with Crippen LogP contribution in [-0.2, 0) is 0 Å². The molecule has 0 heterocycles. The van der Waals surface area contributed by atoms with E-state index in [-0.39, 0.29) is 6.04 Å². The van der Waals surface area contributed by atoms with Crippen molar-refractivity contribution in [3.8, 4) is 11.8 Å². The third kappa shape index (κ3) is 5.44. The lowest BCUT2D eigenvalue weighted by atomic mass is 10.2. The number of hydrogen-bond donors (Lipinski definition) is 1. The van der Waals surface area contributed by atoms with E-state index in [2.05, 4.69) is 18.3 Å². The molecule has 0 aliphatic carbocycles. The number of nitrogens with zero attached hydrogens (tertiary/aromatic N) is 1. The van der Waals surface area contributed by atoms with Crippen LogP contribution in [0.5, 0.6) is 5.75 Å². The van der Waals surface area contributed by atoms with Gasteiger partial charge in [0.25, 0.3) is 0 Å². The lowest BCUT2D eigenvalue weighted by Gasteiger charge is -2.10. The molecule has 3 nitrogen and oxygen atoms in total. The quantitative estimate of drug-likeness (QED) is 0.733. The third-order valence-electron chi connectivity index (χ3n) is 2.53. The molecule has 1 N–H and O–H groups in total. The Morgan fingerprint density at radius 1 is 1.39 bits per heavy atom. The highest BCUT2D eigenvalue weighted by Crippen LogP contribution is 2.22. The maximum absolute atomic E-state index is 8.98. The minimum atomic E-state index is -0.0318. The summed E-state index contributed by atoms with van der Waals surface area (Å²) in [5.74, 6) is 1.82. The van der Waals surface area contributed by atoms with E-state index in [1.54, 1.807) is 18.9 Å². The van der Waals surface area contributed by atoms with Crippen molar-refractivity contribution < 1.29 is 4.74 Å². The summed E-state index contributed by atoms with van der Waals surface area (Å²) in [7, 11) is 1.67. The Kier molecular flexibility index (Phi) is 7.31. The van der Waals surface area contributed by atoms with Crippen LogP contribution < -0.4 is 10.1 Å². The smallest absolute Gasteiger partial charge is 0.118 e. The standard InChI is InChI=1S/C14H20N2OS/c1-3-9-16-12(11-15)8-10-18-14-6-4-13(17-2)5-7-14/h4-7,12,16H,3,8-10H2,1-2H3. The van der Waals surface area contributed by atoms with Crippen molar-refractivity contribution in [1.82, 2.24) is 5.32 Å². The topological polar surface area (TPSA) is 45.0 Å². The van der Waals surface area contributed by atoms with Crippen LogP contribution in [0.4, 0.5) is 0 Å². The molecular weight excluding hydrogens is 244 g/mol. The second-order valence-corrected chi connectivity index (χ2v) is 5.12. The highest BCUT2D eigenvalue weighted by atomic mass is 32.2. The second kappa shape index (κ2) is 8.84. The molecule has 0 bridgehead atoms. The first-order valence-electron chi connectivity index (χ1n) is 6.20. The summed E-state index contributed by atoms with van der Waals surface area (Å²) in [5, 5.41) is 12.2. The van der Waals surface area contributed by atoms with E-state index in [0.29, 0.717) is 0 Å². The molecule has 0 amide bonds. The van der Waals surface area contributed by atoms with E-state index in [9.17, 15) is 0 Å². The summed E-state index contributed by atoms with van der Waals surface area (Å²) in [4.78, 5) is 1.21. The first-order chi connectivity index (χ1) is 8.80. The van der Waals surface area contributed by atoms with Crippen LogP contribution in [0.25, 0.3) is 0 Å². The zero-order chi connectivity index (χ0) is 13.2. The highest BCUT2D eigenvalue weighted by molar-refractivity contribution is 7.99. The molecule has 1 unspecified atom stereocenters. The van der Waals surface area contributed by atoms with Crippen LogP contribution in [0.15, 0.2) is 29.2 Å². The van der Waals surface area contributed by atoms with E-state index >= 15 is 0 Å². The predicted octanol–water partition coefficient (Wildman–Crippen LogP) is 3.07. The van der Waals surface area contributed by atoms with Crippen molar-refractivity contribution in [3.05, 3.63) is 24.3 Å². The van der Waals surface area contributed by atoms with E-state index < -0.39 is 0 Å². The van der Waals surface area contributed by atoms with Crippen molar-refractivity contribution in [2.24, 2.45) is 0 Å². The van der Waals surface area contributed by atoms with Crippen LogP contribution in [-0.4, -0.2) is 25.4 Å². The minimum absolute atomic E-state index is 0.0318. The Morgan fingerprint density at radius 2 is 2.11 bits per heavy atom. The largest absolute Gasteiger partial charge is 0.497 e. The van der Waals surface area contributed by atoms with Crippen LogP contribution in [0.1, 0.15) is 19.8 Å². The number of methoxy groups -OCH3 is 1. The van der Waals surface area contributed by atoms with E-state index in [4.69, 9.17) is 10.00 Å². The Hall–Kier alpha value is -1.18. The predicted molar refractivity (Wildman–Crippen MR) is 76.0 cm³/mol. The van der Waals surface area contributed by atoms with Gasteiger partial charge < -0.3 is 10.1 Å². The lowest BCUT2D eigenvalue weighted by Crippen LogP contribution is -2.28. The van der Waals surface area contributed by atoms with Crippen molar-refractivity contribution >= 4 is 11.8 Å². The molecule has 0 radical (unpaired) electrons. The van der Waals surface area contributed by atoms with E-state index in [0.717, 1.165) is 30.9 Å². The summed E-state index contributed by atoms with van der Waals surface area (Å²) in [6.45, 7) is 3.01. The van der Waals surface area contributed by atoms with Gasteiger partial charge in [-0.3, -0.25) is 0 Å². The summed E-state index contributed by atoms with van der Waals surface area (Å²) in [6, 6.07) is 10.3. The molecule has 4 heteroatoms. The van der Waals surface area contributed by atoms with Crippen LogP contribution >= 0.6 is 11.8 Å². The van der Waals surface area contributed by atoms with Crippen LogP contribution in [0.2, 0.25) is 0 Å². The van der Waals surface area contributed by atoms with Crippen molar-refractivity contribution in [1.29, 1.82) is 5.26 Å². The maximum atomic E-state index is 8.98. The Bertz CT molecular complexity index is 372. The lowest BCUT2D eigenvalue weighted by molar-refractivity contribution is 0.414. The van der Waals surface area contributed by atoms with Gasteiger partial charge in [0.05, 0.1) is 19.2 Å². The van der Waals surface area contributed by atoms with Gasteiger partial charge in [-0.15, -0.1) is 11.8 Å². The molecule has 1 aromatic rings. The number of thioether (sulfide) groups is 1. The van der Waals surface area contributed by atoms with E-state index in [1.807, 2.05) is 24.3 Å². The first kappa shape index (κ1) is 14.9. The molecule has 0 spiro atoms. The summed E-state index contributed by atoms with van der Waals surface area (Å²) in [5.41, 5.74) is 0. The van der Waals surface area contributed by atoms with Crippen LogP contribution in [0.3, 0.4) is 0 Å². The first-order valence-corrected chi connectivity index (χ1v) is 7.18. The molecule has 98 valence electrons. The molecule has 0 aliphatic heterocycles.